The first kappa shape index (κ1) is 10.4. The number of hydrogen-bond donors (Lipinski definition) is 2. The maximum atomic E-state index is 5.93. The fourth-order valence-corrected chi connectivity index (χ4v) is 1.31. The molecule has 70 valence electrons. The molecule has 0 atom stereocenters. The third-order valence-electron chi connectivity index (χ3n) is 1.58. The number of nitrogens with two attached hydrogens (primary N) is 2. The Morgan fingerprint density at radius 1 is 1.23 bits per heavy atom. The number of rotatable bonds is 2. The van der Waals surface area contributed by atoms with Gasteiger partial charge in [-0.25, -0.2) is 0 Å². The summed E-state index contributed by atoms with van der Waals surface area (Å²) >= 11 is 11.8. The van der Waals surface area contributed by atoms with Crippen LogP contribution in [0.2, 0.25) is 10.0 Å². The van der Waals surface area contributed by atoms with Crippen molar-refractivity contribution in [1.29, 1.82) is 0 Å². The molecule has 4 N–H and O–H groups in total. The van der Waals surface area contributed by atoms with Gasteiger partial charge < -0.3 is 11.5 Å². The van der Waals surface area contributed by atoms with Gasteiger partial charge in [-0.2, -0.15) is 0 Å². The van der Waals surface area contributed by atoms with E-state index in [9.17, 15) is 0 Å². The minimum absolute atomic E-state index is 0.390. The zero-order valence-corrected chi connectivity index (χ0v) is 8.44. The van der Waals surface area contributed by atoms with Gasteiger partial charge in [0.05, 0.1) is 15.7 Å². The van der Waals surface area contributed by atoms with Crippen LogP contribution in [0.25, 0.3) is 6.08 Å². The lowest BCUT2D eigenvalue weighted by Gasteiger charge is -2.03. The van der Waals surface area contributed by atoms with Crippen LogP contribution in [0.15, 0.2) is 18.2 Å². The van der Waals surface area contributed by atoms with Crippen LogP contribution in [0.4, 0.5) is 5.69 Å². The number of hydrogen-bond acceptors (Lipinski definition) is 2. The smallest absolute Gasteiger partial charge is 0.0827 e. The number of halogens is 2. The van der Waals surface area contributed by atoms with Crippen molar-refractivity contribution in [2.75, 3.05) is 12.3 Å². The first-order chi connectivity index (χ1) is 6.16. The van der Waals surface area contributed by atoms with Gasteiger partial charge in [-0.1, -0.05) is 41.4 Å². The van der Waals surface area contributed by atoms with E-state index < -0.39 is 0 Å². The SMILES string of the molecule is NCC=Cc1ccc(N)c(Cl)c1Cl. The van der Waals surface area contributed by atoms with Crippen LogP contribution in [0.5, 0.6) is 0 Å². The lowest BCUT2D eigenvalue weighted by atomic mass is 10.2. The summed E-state index contributed by atoms with van der Waals surface area (Å²) in [6.07, 6.45) is 3.61. The largest absolute Gasteiger partial charge is 0.397 e. The van der Waals surface area contributed by atoms with E-state index in [4.69, 9.17) is 34.7 Å². The van der Waals surface area contributed by atoms with Crippen molar-refractivity contribution in [1.82, 2.24) is 0 Å². The monoisotopic (exact) mass is 216 g/mol. The summed E-state index contributed by atoms with van der Waals surface area (Å²) in [6, 6.07) is 3.51. The highest BCUT2D eigenvalue weighted by molar-refractivity contribution is 6.44. The highest BCUT2D eigenvalue weighted by Gasteiger charge is 2.04. The predicted octanol–water partition coefficient (Wildman–Crippen LogP) is 2.55. The van der Waals surface area contributed by atoms with E-state index in [0.717, 1.165) is 5.56 Å². The molecule has 1 aromatic rings. The molecule has 0 aliphatic carbocycles. The minimum atomic E-state index is 0.390. The highest BCUT2D eigenvalue weighted by Crippen LogP contribution is 2.31. The summed E-state index contributed by atoms with van der Waals surface area (Å²) in [5.74, 6) is 0. The highest BCUT2D eigenvalue weighted by atomic mass is 35.5. The Bertz CT molecular complexity index is 335. The predicted molar refractivity (Wildman–Crippen MR) is 59.0 cm³/mol. The van der Waals surface area contributed by atoms with Crippen LogP contribution in [0, 0.1) is 0 Å². The Balaban J connectivity index is 3.11. The maximum Gasteiger partial charge on any atom is 0.0827 e. The van der Waals surface area contributed by atoms with Crippen LogP contribution < -0.4 is 11.5 Å². The molecule has 13 heavy (non-hydrogen) atoms. The molecule has 0 heterocycles. The first-order valence-electron chi connectivity index (χ1n) is 3.77. The lowest BCUT2D eigenvalue weighted by molar-refractivity contribution is 1.26. The average molecular weight is 217 g/mol. The molecule has 0 saturated heterocycles. The van der Waals surface area contributed by atoms with Crippen molar-refractivity contribution in [2.24, 2.45) is 5.73 Å². The number of anilines is 1. The lowest BCUT2D eigenvalue weighted by Crippen LogP contribution is -1.92. The molecule has 0 saturated carbocycles. The van der Waals surface area contributed by atoms with Gasteiger partial charge in [-0.15, -0.1) is 0 Å². The van der Waals surface area contributed by atoms with Gasteiger partial charge in [-0.05, 0) is 11.6 Å². The van der Waals surface area contributed by atoms with E-state index in [2.05, 4.69) is 0 Å². The van der Waals surface area contributed by atoms with Crippen LogP contribution in [0.1, 0.15) is 5.56 Å². The second kappa shape index (κ2) is 4.51. The Morgan fingerprint density at radius 3 is 2.54 bits per heavy atom. The zero-order chi connectivity index (χ0) is 9.84. The molecule has 0 aliphatic heterocycles. The summed E-state index contributed by atoms with van der Waals surface area (Å²) in [4.78, 5) is 0. The quantitative estimate of drug-likeness (QED) is 0.748. The van der Waals surface area contributed by atoms with Crippen molar-refractivity contribution < 1.29 is 0 Å². The molecule has 0 radical (unpaired) electrons. The molecular formula is C9H10Cl2N2. The number of benzene rings is 1. The average Bonchev–Trinajstić information content (AvgIpc) is 2.13. The summed E-state index contributed by atoms with van der Waals surface area (Å²) in [7, 11) is 0. The van der Waals surface area contributed by atoms with Crippen molar-refractivity contribution in [2.45, 2.75) is 0 Å². The van der Waals surface area contributed by atoms with Gasteiger partial charge in [0.25, 0.3) is 0 Å². The summed E-state index contributed by atoms with van der Waals surface area (Å²) in [6.45, 7) is 0.471. The van der Waals surface area contributed by atoms with Gasteiger partial charge in [0.1, 0.15) is 0 Å². The van der Waals surface area contributed by atoms with E-state index in [1.54, 1.807) is 18.2 Å². The maximum absolute atomic E-state index is 5.93. The van der Waals surface area contributed by atoms with Gasteiger partial charge in [0, 0.05) is 6.54 Å². The van der Waals surface area contributed by atoms with Gasteiger partial charge in [0.2, 0.25) is 0 Å². The molecule has 0 aromatic heterocycles. The molecule has 0 unspecified atom stereocenters. The minimum Gasteiger partial charge on any atom is -0.397 e. The third-order valence-corrected chi connectivity index (χ3v) is 2.49. The van der Waals surface area contributed by atoms with Gasteiger partial charge >= 0.3 is 0 Å². The molecule has 1 aromatic carbocycles. The standard InChI is InChI=1S/C9H10Cl2N2/c10-8-6(2-1-5-12)3-4-7(13)9(8)11/h1-4H,5,12-13H2. The van der Waals surface area contributed by atoms with E-state index >= 15 is 0 Å². The molecule has 0 amide bonds. The summed E-state index contributed by atoms with van der Waals surface area (Å²) in [5.41, 5.74) is 12.2. The molecular weight excluding hydrogens is 207 g/mol. The molecule has 0 bridgehead atoms. The van der Waals surface area contributed by atoms with E-state index in [0.29, 0.717) is 22.3 Å². The zero-order valence-electron chi connectivity index (χ0n) is 6.93. The van der Waals surface area contributed by atoms with Crippen molar-refractivity contribution >= 4 is 35.0 Å². The van der Waals surface area contributed by atoms with Crippen LogP contribution in [-0.4, -0.2) is 6.54 Å². The van der Waals surface area contributed by atoms with Crippen LogP contribution in [0.3, 0.4) is 0 Å². The Hall–Kier alpha value is -0.700. The van der Waals surface area contributed by atoms with Crippen molar-refractivity contribution in [3.05, 3.63) is 33.8 Å². The summed E-state index contributed by atoms with van der Waals surface area (Å²) in [5, 5.41) is 0.854. The molecule has 1 rings (SSSR count). The fraction of sp³-hybridized carbons (Fsp3) is 0.111. The second-order valence-corrected chi connectivity index (χ2v) is 3.27. The molecule has 0 spiro atoms. The Kier molecular flexibility index (Phi) is 3.60. The van der Waals surface area contributed by atoms with Crippen molar-refractivity contribution in [3.8, 4) is 0 Å². The Morgan fingerprint density at radius 2 is 1.92 bits per heavy atom. The topological polar surface area (TPSA) is 52.0 Å². The fourth-order valence-electron chi connectivity index (χ4n) is 0.903. The molecule has 4 heteroatoms. The van der Waals surface area contributed by atoms with Gasteiger partial charge in [0.15, 0.2) is 0 Å². The third kappa shape index (κ3) is 2.37. The van der Waals surface area contributed by atoms with E-state index in [1.165, 1.54) is 0 Å². The van der Waals surface area contributed by atoms with Gasteiger partial charge in [-0.3, -0.25) is 0 Å². The van der Waals surface area contributed by atoms with Crippen LogP contribution in [-0.2, 0) is 0 Å². The summed E-state index contributed by atoms with van der Waals surface area (Å²) < 4.78 is 0. The van der Waals surface area contributed by atoms with Crippen molar-refractivity contribution in [3.63, 3.8) is 0 Å². The normalized spacial score (nSPS) is 11.0. The second-order valence-electron chi connectivity index (χ2n) is 2.51. The van der Waals surface area contributed by atoms with E-state index in [-0.39, 0.29) is 0 Å². The molecule has 2 nitrogen and oxygen atoms in total. The Labute approximate surface area is 87.1 Å². The van der Waals surface area contributed by atoms with Crippen LogP contribution >= 0.6 is 23.2 Å². The number of nitrogen functional groups attached to an aromatic ring is 1. The van der Waals surface area contributed by atoms with E-state index in [1.807, 2.05) is 6.08 Å². The first-order valence-corrected chi connectivity index (χ1v) is 4.52. The molecule has 0 aliphatic rings. The molecule has 0 fully saturated rings.